The van der Waals surface area contributed by atoms with Crippen LogP contribution in [0.4, 0.5) is 0 Å². The summed E-state index contributed by atoms with van der Waals surface area (Å²) in [7, 11) is 0. The highest BCUT2D eigenvalue weighted by Crippen LogP contribution is 2.44. The van der Waals surface area contributed by atoms with E-state index < -0.39 is 5.54 Å². The van der Waals surface area contributed by atoms with E-state index in [1.807, 2.05) is 0 Å². The molecule has 0 saturated heterocycles. The van der Waals surface area contributed by atoms with Gasteiger partial charge in [-0.25, -0.2) is 0 Å². The minimum atomic E-state index is -0.509. The van der Waals surface area contributed by atoms with Gasteiger partial charge < -0.3 is 5.73 Å². The van der Waals surface area contributed by atoms with Crippen LogP contribution in [-0.4, -0.2) is 23.2 Å². The van der Waals surface area contributed by atoms with E-state index in [1.54, 1.807) is 11.8 Å². The third-order valence-electron chi connectivity index (χ3n) is 4.70. The second kappa shape index (κ2) is 5.65. The first kappa shape index (κ1) is 14.9. The smallest absolute Gasteiger partial charge is 0.238 e. The summed E-state index contributed by atoms with van der Waals surface area (Å²) in [5, 5.41) is 3.57. The molecule has 0 aliphatic heterocycles. The van der Waals surface area contributed by atoms with Crippen LogP contribution >= 0.6 is 11.8 Å². The van der Waals surface area contributed by atoms with Crippen LogP contribution in [0.3, 0.4) is 0 Å². The van der Waals surface area contributed by atoms with Crippen molar-refractivity contribution in [2.75, 3.05) is 5.75 Å². The molecule has 0 aromatic heterocycles. The first-order valence-corrected chi connectivity index (χ1v) is 8.77. The van der Waals surface area contributed by atoms with Gasteiger partial charge in [-0.15, -0.1) is 11.8 Å². The fourth-order valence-electron chi connectivity index (χ4n) is 2.79. The van der Waals surface area contributed by atoms with Gasteiger partial charge in [0.05, 0.1) is 0 Å². The van der Waals surface area contributed by atoms with Crippen LogP contribution < -0.4 is 11.1 Å². The molecule has 2 saturated carbocycles. The Hall–Kier alpha value is -1.00. The molecule has 0 radical (unpaired) electrons. The van der Waals surface area contributed by atoms with Gasteiger partial charge in [0.15, 0.2) is 0 Å². The van der Waals surface area contributed by atoms with Gasteiger partial charge in [0.2, 0.25) is 5.91 Å². The molecule has 1 amide bonds. The van der Waals surface area contributed by atoms with Crippen LogP contribution in [0.1, 0.15) is 36.8 Å². The molecule has 3 N–H and O–H groups in total. The number of hydrogen-bond donors (Lipinski definition) is 2. The van der Waals surface area contributed by atoms with E-state index >= 15 is 0 Å². The Balaban J connectivity index is 1.74. The lowest BCUT2D eigenvalue weighted by Gasteiger charge is -2.32. The number of carbonyl (C=O) groups excluding carboxylic acids is 1. The van der Waals surface area contributed by atoms with Gasteiger partial charge in [-0.2, -0.15) is 0 Å². The van der Waals surface area contributed by atoms with Crippen LogP contribution in [0.2, 0.25) is 0 Å². The molecule has 1 atom stereocenters. The molecule has 2 aliphatic carbocycles. The zero-order chi connectivity index (χ0) is 15.0. The summed E-state index contributed by atoms with van der Waals surface area (Å²) in [6.07, 6.45) is 4.60. The van der Waals surface area contributed by atoms with Crippen molar-refractivity contribution < 1.29 is 4.79 Å². The average molecular weight is 304 g/mol. The summed E-state index contributed by atoms with van der Waals surface area (Å²) in [5.74, 6) is 0.995. The number of nitrogens with two attached hydrogens (primary N) is 1. The fraction of sp³-hybridized carbons (Fsp3) is 0.588. The molecule has 1 aromatic carbocycles. The Kier molecular flexibility index (Phi) is 4.02. The molecule has 1 unspecified atom stereocenters. The van der Waals surface area contributed by atoms with E-state index in [1.165, 1.54) is 28.9 Å². The highest BCUT2D eigenvalue weighted by atomic mass is 32.2. The lowest BCUT2D eigenvalue weighted by molar-refractivity contribution is -0.124. The Morgan fingerprint density at radius 1 is 1.29 bits per heavy atom. The second-order valence-corrected chi connectivity index (χ2v) is 7.61. The number of primary amides is 1. The van der Waals surface area contributed by atoms with Gasteiger partial charge in [-0.05, 0) is 68.7 Å². The summed E-state index contributed by atoms with van der Waals surface area (Å²) in [5.41, 5.74) is 7.88. The standard InChI is InChI=1S/C17H24N2OS/c1-11-3-8-15(9-12(11)2)21-10-17(16(18)20,13-4-5-13)19-14-6-7-14/h3,8-9,13-14,19H,4-7,10H2,1-2H3,(H2,18,20). The van der Waals surface area contributed by atoms with Crippen molar-refractivity contribution in [2.24, 2.45) is 11.7 Å². The first-order valence-electron chi connectivity index (χ1n) is 7.79. The van der Waals surface area contributed by atoms with Crippen LogP contribution in [0.25, 0.3) is 0 Å². The maximum atomic E-state index is 12.2. The molecule has 0 spiro atoms. The van der Waals surface area contributed by atoms with Gasteiger partial charge >= 0.3 is 0 Å². The predicted molar refractivity (Wildman–Crippen MR) is 87.4 cm³/mol. The molecule has 0 bridgehead atoms. The Labute approximate surface area is 131 Å². The maximum absolute atomic E-state index is 12.2. The zero-order valence-corrected chi connectivity index (χ0v) is 13.6. The third-order valence-corrected chi connectivity index (χ3v) is 5.88. The largest absolute Gasteiger partial charge is 0.368 e. The molecule has 2 aliphatic rings. The molecule has 1 aromatic rings. The quantitative estimate of drug-likeness (QED) is 0.762. The number of hydrogen-bond acceptors (Lipinski definition) is 3. The van der Waals surface area contributed by atoms with E-state index in [9.17, 15) is 4.79 Å². The normalized spacial score (nSPS) is 21.0. The van der Waals surface area contributed by atoms with Crippen LogP contribution in [0.5, 0.6) is 0 Å². The Morgan fingerprint density at radius 2 is 2.00 bits per heavy atom. The van der Waals surface area contributed by atoms with E-state index in [-0.39, 0.29) is 5.91 Å². The van der Waals surface area contributed by atoms with Crippen molar-refractivity contribution in [3.05, 3.63) is 29.3 Å². The van der Waals surface area contributed by atoms with E-state index in [0.717, 1.165) is 18.6 Å². The predicted octanol–water partition coefficient (Wildman–Crippen LogP) is 2.78. The lowest BCUT2D eigenvalue weighted by Crippen LogP contribution is -2.60. The average Bonchev–Trinajstić information content (AvgIpc) is 3.31. The van der Waals surface area contributed by atoms with Crippen molar-refractivity contribution in [1.82, 2.24) is 5.32 Å². The minimum absolute atomic E-state index is 0.173. The van der Waals surface area contributed by atoms with E-state index in [0.29, 0.717) is 12.0 Å². The first-order chi connectivity index (χ1) is 10.0. The molecule has 21 heavy (non-hydrogen) atoms. The molecule has 0 heterocycles. The van der Waals surface area contributed by atoms with Crippen LogP contribution in [0.15, 0.2) is 23.1 Å². The van der Waals surface area contributed by atoms with Crippen molar-refractivity contribution in [2.45, 2.75) is 56.0 Å². The van der Waals surface area contributed by atoms with Crippen LogP contribution in [-0.2, 0) is 4.79 Å². The molecule has 114 valence electrons. The molecule has 4 heteroatoms. The van der Waals surface area contributed by atoms with Gasteiger partial charge in [0, 0.05) is 16.7 Å². The summed E-state index contributed by atoms with van der Waals surface area (Å²) >= 11 is 1.75. The van der Waals surface area contributed by atoms with Crippen molar-refractivity contribution >= 4 is 17.7 Å². The minimum Gasteiger partial charge on any atom is -0.368 e. The highest BCUT2D eigenvalue weighted by Gasteiger charge is 2.51. The van der Waals surface area contributed by atoms with E-state index in [4.69, 9.17) is 5.73 Å². The van der Waals surface area contributed by atoms with Gasteiger partial charge in [0.25, 0.3) is 0 Å². The molecular formula is C17H24N2OS. The van der Waals surface area contributed by atoms with Crippen LogP contribution in [0, 0.1) is 19.8 Å². The summed E-state index contributed by atoms with van der Waals surface area (Å²) in [6, 6.07) is 6.99. The van der Waals surface area contributed by atoms with Crippen molar-refractivity contribution in [1.29, 1.82) is 0 Å². The number of nitrogens with one attached hydrogen (secondary N) is 1. The Bertz CT molecular complexity index is 552. The number of benzene rings is 1. The van der Waals surface area contributed by atoms with Gasteiger partial charge in [-0.3, -0.25) is 10.1 Å². The number of thioether (sulfide) groups is 1. The van der Waals surface area contributed by atoms with Gasteiger partial charge in [0.1, 0.15) is 5.54 Å². The summed E-state index contributed by atoms with van der Waals surface area (Å²) < 4.78 is 0. The maximum Gasteiger partial charge on any atom is 0.238 e. The van der Waals surface area contributed by atoms with Crippen molar-refractivity contribution in [3.8, 4) is 0 Å². The summed E-state index contributed by atoms with van der Waals surface area (Å²) in [6.45, 7) is 4.25. The number of rotatable bonds is 7. The summed E-state index contributed by atoms with van der Waals surface area (Å²) in [4.78, 5) is 13.4. The highest BCUT2D eigenvalue weighted by molar-refractivity contribution is 7.99. The SMILES string of the molecule is Cc1ccc(SCC(NC2CC2)(C(N)=O)C2CC2)cc1C. The fourth-order valence-corrected chi connectivity index (χ4v) is 4.07. The molecule has 3 rings (SSSR count). The molecule has 2 fully saturated rings. The molecular weight excluding hydrogens is 280 g/mol. The van der Waals surface area contributed by atoms with Crippen molar-refractivity contribution in [3.63, 3.8) is 0 Å². The Morgan fingerprint density at radius 3 is 2.52 bits per heavy atom. The number of aryl methyl sites for hydroxylation is 2. The molecule has 3 nitrogen and oxygen atoms in total. The topological polar surface area (TPSA) is 55.1 Å². The van der Waals surface area contributed by atoms with Gasteiger partial charge in [-0.1, -0.05) is 6.07 Å². The second-order valence-electron chi connectivity index (χ2n) is 6.56. The lowest BCUT2D eigenvalue weighted by atomic mass is 9.94. The monoisotopic (exact) mass is 304 g/mol. The third kappa shape index (κ3) is 3.27. The number of amides is 1. The zero-order valence-electron chi connectivity index (χ0n) is 12.8. The number of carbonyl (C=O) groups is 1. The van der Waals surface area contributed by atoms with E-state index in [2.05, 4.69) is 37.4 Å².